The van der Waals surface area contributed by atoms with Crippen molar-refractivity contribution < 1.29 is 22.8 Å². The summed E-state index contributed by atoms with van der Waals surface area (Å²) < 4.78 is 37.8. The molecule has 1 aromatic rings. The lowest BCUT2D eigenvalue weighted by Gasteiger charge is -2.35. The van der Waals surface area contributed by atoms with Crippen molar-refractivity contribution in [3.05, 3.63) is 18.0 Å². The van der Waals surface area contributed by atoms with Crippen LogP contribution in [0.3, 0.4) is 0 Å². The maximum Gasteiger partial charge on any atom is 0.419 e. The number of aromatic nitrogens is 2. The number of carbonyl (C=O) groups is 2. The molecular formula is C17H24F3N7O2. The number of amides is 3. The van der Waals surface area contributed by atoms with E-state index in [1.807, 2.05) is 6.92 Å². The second-order valence-corrected chi connectivity index (χ2v) is 7.26. The summed E-state index contributed by atoms with van der Waals surface area (Å²) in [7, 11) is 0. The average molecular weight is 415 g/mol. The van der Waals surface area contributed by atoms with E-state index < -0.39 is 11.7 Å². The van der Waals surface area contributed by atoms with Crippen molar-refractivity contribution >= 4 is 17.9 Å². The van der Waals surface area contributed by atoms with Gasteiger partial charge in [0.1, 0.15) is 6.54 Å². The number of hydrogen-bond donors (Lipinski definition) is 1. The molecule has 0 saturated carbocycles. The Labute approximate surface area is 166 Å². The molecule has 2 saturated heterocycles. The fourth-order valence-corrected chi connectivity index (χ4v) is 3.35. The monoisotopic (exact) mass is 415 g/mol. The second-order valence-electron chi connectivity index (χ2n) is 7.26. The van der Waals surface area contributed by atoms with Crippen LogP contribution < -0.4 is 10.6 Å². The summed E-state index contributed by atoms with van der Waals surface area (Å²) in [6.45, 7) is 4.89. The van der Waals surface area contributed by atoms with E-state index in [1.165, 1.54) is 4.90 Å². The molecule has 12 heteroatoms. The van der Waals surface area contributed by atoms with E-state index in [0.717, 1.165) is 12.4 Å². The molecule has 0 spiro atoms. The number of carbonyl (C=O) groups excluding carboxylic acids is 2. The molecule has 2 aliphatic heterocycles. The van der Waals surface area contributed by atoms with Crippen molar-refractivity contribution in [2.24, 2.45) is 5.73 Å². The molecule has 1 atom stereocenters. The first-order chi connectivity index (χ1) is 13.6. The lowest BCUT2D eigenvalue weighted by atomic mass is 10.3. The first-order valence-corrected chi connectivity index (χ1v) is 9.36. The summed E-state index contributed by atoms with van der Waals surface area (Å²) in [6, 6.07) is -0.317. The normalized spacial score (nSPS) is 19.1. The summed E-state index contributed by atoms with van der Waals surface area (Å²) in [4.78, 5) is 38.9. The Kier molecular flexibility index (Phi) is 6.10. The zero-order valence-electron chi connectivity index (χ0n) is 16.1. The number of rotatable bonds is 5. The van der Waals surface area contributed by atoms with E-state index in [-0.39, 0.29) is 30.5 Å². The number of anilines is 1. The third-order valence-corrected chi connectivity index (χ3v) is 4.90. The molecule has 9 nitrogen and oxygen atoms in total. The lowest BCUT2D eigenvalue weighted by molar-refractivity contribution is -0.138. The van der Waals surface area contributed by atoms with Gasteiger partial charge in [-0.2, -0.15) is 13.2 Å². The number of hydrogen-bond acceptors (Lipinski definition) is 6. The van der Waals surface area contributed by atoms with Gasteiger partial charge < -0.3 is 25.3 Å². The van der Waals surface area contributed by atoms with Crippen LogP contribution in [0, 0.1) is 0 Å². The molecule has 0 aliphatic carbocycles. The van der Waals surface area contributed by atoms with Gasteiger partial charge in [-0.05, 0) is 6.92 Å². The SMILES string of the molecule is CC(N)CN1CCN(CC(=O)N2CCN(c3ncc(C(F)(F)F)cn3)CC2)C1=O. The van der Waals surface area contributed by atoms with Crippen LogP contribution in [-0.2, 0) is 11.0 Å². The minimum absolute atomic E-state index is 0.00503. The third kappa shape index (κ3) is 5.05. The molecule has 0 bridgehead atoms. The number of halogens is 3. The highest BCUT2D eigenvalue weighted by Crippen LogP contribution is 2.28. The number of urea groups is 1. The van der Waals surface area contributed by atoms with Crippen LogP contribution in [0.1, 0.15) is 12.5 Å². The Morgan fingerprint density at radius 1 is 1.10 bits per heavy atom. The minimum Gasteiger partial charge on any atom is -0.338 e. The first-order valence-electron chi connectivity index (χ1n) is 9.36. The van der Waals surface area contributed by atoms with Gasteiger partial charge >= 0.3 is 12.2 Å². The van der Waals surface area contributed by atoms with E-state index in [4.69, 9.17) is 5.73 Å². The molecule has 3 amide bonds. The van der Waals surface area contributed by atoms with E-state index >= 15 is 0 Å². The Bertz CT molecular complexity index is 734. The van der Waals surface area contributed by atoms with Gasteiger partial charge in [-0.1, -0.05) is 0 Å². The highest BCUT2D eigenvalue weighted by atomic mass is 19.4. The van der Waals surface area contributed by atoms with Gasteiger partial charge in [-0.25, -0.2) is 14.8 Å². The highest BCUT2D eigenvalue weighted by molar-refractivity contribution is 5.85. The molecule has 160 valence electrons. The van der Waals surface area contributed by atoms with Crippen LogP contribution in [-0.4, -0.2) is 95.0 Å². The maximum atomic E-state index is 12.6. The van der Waals surface area contributed by atoms with Crippen molar-refractivity contribution in [3.63, 3.8) is 0 Å². The highest BCUT2D eigenvalue weighted by Gasteiger charge is 2.33. The summed E-state index contributed by atoms with van der Waals surface area (Å²) in [5.41, 5.74) is 4.83. The predicted octanol–water partition coefficient (Wildman–Crippen LogP) is 0.229. The van der Waals surface area contributed by atoms with Gasteiger partial charge in [0.25, 0.3) is 0 Å². The summed E-state index contributed by atoms with van der Waals surface area (Å²) in [5.74, 6) is 0.0420. The standard InChI is InChI=1S/C17H24F3N7O2/c1-12(21)10-26-6-7-27(16(26)29)11-14(28)24-2-4-25(5-3-24)15-22-8-13(9-23-15)17(18,19)20/h8-9,12H,2-7,10-11,21H2,1H3. The van der Waals surface area contributed by atoms with Gasteiger partial charge in [0.2, 0.25) is 11.9 Å². The molecule has 2 aliphatic rings. The number of piperazine rings is 1. The molecule has 1 unspecified atom stereocenters. The topological polar surface area (TPSA) is 98.9 Å². The maximum absolute atomic E-state index is 12.6. The van der Waals surface area contributed by atoms with Crippen molar-refractivity contribution in [2.45, 2.75) is 19.1 Å². The quantitative estimate of drug-likeness (QED) is 0.739. The van der Waals surface area contributed by atoms with Crippen LogP contribution in [0.5, 0.6) is 0 Å². The number of nitrogens with zero attached hydrogens (tertiary/aromatic N) is 6. The Balaban J connectivity index is 1.49. The zero-order chi connectivity index (χ0) is 21.2. The van der Waals surface area contributed by atoms with Crippen LogP contribution >= 0.6 is 0 Å². The summed E-state index contributed by atoms with van der Waals surface area (Å²) in [5, 5.41) is 0. The van der Waals surface area contributed by atoms with Crippen molar-refractivity contribution in [1.29, 1.82) is 0 Å². The average Bonchev–Trinajstić information content (AvgIpc) is 3.00. The smallest absolute Gasteiger partial charge is 0.338 e. The van der Waals surface area contributed by atoms with Crippen LogP contribution in [0.4, 0.5) is 23.9 Å². The summed E-state index contributed by atoms with van der Waals surface area (Å²) >= 11 is 0. The zero-order valence-corrected chi connectivity index (χ0v) is 16.1. The van der Waals surface area contributed by atoms with Crippen molar-refractivity contribution in [3.8, 4) is 0 Å². The molecule has 1 aromatic heterocycles. The molecule has 0 aromatic carbocycles. The van der Waals surface area contributed by atoms with Crippen LogP contribution in [0.2, 0.25) is 0 Å². The molecular weight excluding hydrogens is 391 g/mol. The van der Waals surface area contributed by atoms with Crippen LogP contribution in [0.25, 0.3) is 0 Å². The molecule has 2 N–H and O–H groups in total. The van der Waals surface area contributed by atoms with Gasteiger partial charge in [0.15, 0.2) is 0 Å². The molecule has 29 heavy (non-hydrogen) atoms. The fraction of sp³-hybridized carbons (Fsp3) is 0.647. The minimum atomic E-state index is -4.48. The lowest BCUT2D eigenvalue weighted by Crippen LogP contribution is -2.52. The van der Waals surface area contributed by atoms with Gasteiger partial charge in [0.05, 0.1) is 5.56 Å². The Morgan fingerprint density at radius 2 is 1.69 bits per heavy atom. The Morgan fingerprint density at radius 3 is 2.24 bits per heavy atom. The van der Waals surface area contributed by atoms with Crippen molar-refractivity contribution in [1.82, 2.24) is 24.7 Å². The number of alkyl halides is 3. The van der Waals surface area contributed by atoms with Gasteiger partial charge in [-0.3, -0.25) is 4.79 Å². The predicted molar refractivity (Wildman–Crippen MR) is 98.0 cm³/mol. The first kappa shape index (κ1) is 21.1. The molecule has 2 fully saturated rings. The Hall–Kier alpha value is -2.63. The second kappa shape index (κ2) is 8.39. The van der Waals surface area contributed by atoms with E-state index in [9.17, 15) is 22.8 Å². The summed E-state index contributed by atoms with van der Waals surface area (Å²) in [6.07, 6.45) is -2.96. The van der Waals surface area contributed by atoms with Crippen molar-refractivity contribution in [2.75, 3.05) is 57.3 Å². The fourth-order valence-electron chi connectivity index (χ4n) is 3.35. The molecule has 0 radical (unpaired) electrons. The van der Waals surface area contributed by atoms with E-state index in [2.05, 4.69) is 9.97 Å². The van der Waals surface area contributed by atoms with Gasteiger partial charge in [-0.15, -0.1) is 0 Å². The molecule has 3 heterocycles. The van der Waals surface area contributed by atoms with Crippen LogP contribution in [0.15, 0.2) is 12.4 Å². The number of nitrogens with two attached hydrogens (primary N) is 1. The van der Waals surface area contributed by atoms with Gasteiger partial charge in [0, 0.05) is 64.2 Å². The largest absolute Gasteiger partial charge is 0.419 e. The third-order valence-electron chi connectivity index (χ3n) is 4.90. The molecule has 3 rings (SSSR count). The van der Waals surface area contributed by atoms with E-state index in [1.54, 1.807) is 14.7 Å². The van der Waals surface area contributed by atoms with E-state index in [0.29, 0.717) is 45.8 Å².